The molecule has 2 saturated heterocycles. The lowest BCUT2D eigenvalue weighted by molar-refractivity contribution is 0.0950. The fourth-order valence-electron chi connectivity index (χ4n) is 5.35. The highest BCUT2D eigenvalue weighted by Crippen LogP contribution is 2.28. The predicted octanol–water partition coefficient (Wildman–Crippen LogP) is 6.04. The summed E-state index contributed by atoms with van der Waals surface area (Å²) in [5.41, 5.74) is 1.87. The van der Waals surface area contributed by atoms with E-state index in [2.05, 4.69) is 25.0 Å². The third-order valence-electron chi connectivity index (χ3n) is 7.62. The van der Waals surface area contributed by atoms with Crippen molar-refractivity contribution >= 4 is 46.5 Å². The molecule has 0 unspecified atom stereocenters. The number of anilines is 1. The van der Waals surface area contributed by atoms with Crippen LogP contribution in [0, 0.1) is 11.6 Å². The van der Waals surface area contributed by atoms with E-state index < -0.39 is 11.6 Å². The minimum atomic E-state index is -0.953. The summed E-state index contributed by atoms with van der Waals surface area (Å²) in [4.78, 5) is 24.2. The molecule has 1 aromatic heterocycles. The summed E-state index contributed by atoms with van der Waals surface area (Å²) in [6.07, 6.45) is 3.72. The van der Waals surface area contributed by atoms with Crippen LogP contribution < -0.4 is 10.2 Å². The number of nitrogens with one attached hydrogen (secondary N) is 1. The van der Waals surface area contributed by atoms with Gasteiger partial charge in [-0.25, -0.2) is 13.8 Å². The molecule has 2 aliphatic heterocycles. The zero-order chi connectivity index (χ0) is 28.2. The smallest absolute Gasteiger partial charge is 0.253 e. The molecule has 40 heavy (non-hydrogen) atoms. The van der Waals surface area contributed by atoms with Crippen molar-refractivity contribution in [3.63, 3.8) is 0 Å². The van der Waals surface area contributed by atoms with Crippen molar-refractivity contribution < 1.29 is 13.6 Å². The SMILES string of the molecule is O=C(NCc1ccc(F)c(F)c1)c1cnc(N2CCN(C3CCN(Cc4ccc(Cl)cc4Cl)CC3)CC2)c(Cl)c1. The van der Waals surface area contributed by atoms with Gasteiger partial charge >= 0.3 is 0 Å². The standard InChI is InChI=1S/C29H30Cl3F2N5O/c30-22-3-2-20(24(31)15-22)18-37-7-5-23(6-8-37)38-9-11-39(12-10-38)28-25(32)14-21(17-35-28)29(40)36-16-19-1-4-26(33)27(34)13-19/h1-4,13-15,17,23H,5-12,16,18H2,(H,36,40). The molecule has 0 saturated carbocycles. The van der Waals surface area contributed by atoms with Crippen LogP contribution in [-0.4, -0.2) is 66.0 Å². The second-order valence-electron chi connectivity index (χ2n) is 10.2. The van der Waals surface area contributed by atoms with Crippen LogP contribution in [0.4, 0.5) is 14.6 Å². The number of halogens is 5. The van der Waals surface area contributed by atoms with Gasteiger partial charge < -0.3 is 10.2 Å². The van der Waals surface area contributed by atoms with E-state index in [1.165, 1.54) is 12.3 Å². The van der Waals surface area contributed by atoms with Crippen molar-refractivity contribution in [3.05, 3.63) is 92.1 Å². The Labute approximate surface area is 247 Å². The van der Waals surface area contributed by atoms with E-state index in [9.17, 15) is 13.6 Å². The van der Waals surface area contributed by atoms with Crippen LogP contribution in [0.1, 0.15) is 34.3 Å². The third-order valence-corrected chi connectivity index (χ3v) is 8.48. The maximum Gasteiger partial charge on any atom is 0.253 e. The summed E-state index contributed by atoms with van der Waals surface area (Å²) in [5.74, 6) is -1.61. The number of carbonyl (C=O) groups excluding carboxylic acids is 1. The van der Waals surface area contributed by atoms with Gasteiger partial charge in [0.25, 0.3) is 5.91 Å². The second-order valence-corrected chi connectivity index (χ2v) is 11.5. The Hall–Kier alpha value is -2.49. The minimum absolute atomic E-state index is 0.0607. The van der Waals surface area contributed by atoms with Gasteiger partial charge in [0.15, 0.2) is 11.6 Å². The van der Waals surface area contributed by atoms with Crippen molar-refractivity contribution in [1.82, 2.24) is 20.1 Å². The first kappa shape index (κ1) is 29.0. The van der Waals surface area contributed by atoms with Gasteiger partial charge in [0, 0.05) is 61.6 Å². The molecule has 0 atom stereocenters. The molecule has 1 amide bonds. The van der Waals surface area contributed by atoms with Crippen molar-refractivity contribution in [2.75, 3.05) is 44.2 Å². The Morgan fingerprint density at radius 1 is 0.900 bits per heavy atom. The number of piperazine rings is 1. The van der Waals surface area contributed by atoms with Crippen LogP contribution in [0.5, 0.6) is 0 Å². The minimum Gasteiger partial charge on any atom is -0.353 e. The molecule has 6 nitrogen and oxygen atoms in total. The molecular formula is C29H30Cl3F2N5O. The van der Waals surface area contributed by atoms with Gasteiger partial charge in [-0.3, -0.25) is 14.6 Å². The number of likely N-dealkylation sites (tertiary alicyclic amines) is 1. The summed E-state index contributed by atoms with van der Waals surface area (Å²) in [6.45, 7) is 6.38. The summed E-state index contributed by atoms with van der Waals surface area (Å²) < 4.78 is 26.5. The van der Waals surface area contributed by atoms with Crippen LogP contribution in [0.2, 0.25) is 15.1 Å². The number of aromatic nitrogens is 1. The fraction of sp³-hybridized carbons (Fsp3) is 0.379. The van der Waals surface area contributed by atoms with Crippen molar-refractivity contribution in [2.24, 2.45) is 0 Å². The number of amides is 1. The average Bonchev–Trinajstić information content (AvgIpc) is 2.95. The van der Waals surface area contributed by atoms with E-state index in [-0.39, 0.29) is 12.5 Å². The van der Waals surface area contributed by atoms with Crippen molar-refractivity contribution in [1.29, 1.82) is 0 Å². The fourth-order valence-corrected chi connectivity index (χ4v) is 6.11. The molecule has 5 rings (SSSR count). The van der Waals surface area contributed by atoms with Gasteiger partial charge in [-0.2, -0.15) is 0 Å². The zero-order valence-electron chi connectivity index (χ0n) is 21.9. The maximum absolute atomic E-state index is 13.4. The topological polar surface area (TPSA) is 51.7 Å². The van der Waals surface area contributed by atoms with Crippen molar-refractivity contribution in [2.45, 2.75) is 32.0 Å². The number of carbonyl (C=O) groups is 1. The Morgan fingerprint density at radius 2 is 1.65 bits per heavy atom. The van der Waals surface area contributed by atoms with E-state index in [0.717, 1.165) is 76.4 Å². The molecule has 0 spiro atoms. The van der Waals surface area contributed by atoms with Gasteiger partial charge in [-0.15, -0.1) is 0 Å². The van der Waals surface area contributed by atoms with E-state index >= 15 is 0 Å². The van der Waals surface area contributed by atoms with E-state index in [0.29, 0.717) is 38.1 Å². The number of piperidine rings is 1. The van der Waals surface area contributed by atoms with Gasteiger partial charge in [0.2, 0.25) is 0 Å². The number of rotatable bonds is 7. The summed E-state index contributed by atoms with van der Waals surface area (Å²) >= 11 is 18.9. The second kappa shape index (κ2) is 13.0. The summed E-state index contributed by atoms with van der Waals surface area (Å²) in [5, 5.41) is 4.47. The van der Waals surface area contributed by atoms with Gasteiger partial charge in [0.1, 0.15) is 5.82 Å². The quantitative estimate of drug-likeness (QED) is 0.355. The number of hydrogen-bond donors (Lipinski definition) is 1. The number of nitrogens with zero attached hydrogens (tertiary/aromatic N) is 4. The van der Waals surface area contributed by atoms with Gasteiger partial charge in [-0.05, 0) is 67.4 Å². The number of pyridine rings is 1. The lowest BCUT2D eigenvalue weighted by Crippen LogP contribution is -2.53. The molecule has 11 heteroatoms. The molecule has 3 aromatic rings. The Bertz CT molecular complexity index is 1360. The predicted molar refractivity (Wildman–Crippen MR) is 155 cm³/mol. The number of benzene rings is 2. The van der Waals surface area contributed by atoms with Crippen LogP contribution in [-0.2, 0) is 13.1 Å². The average molecular weight is 609 g/mol. The first-order chi connectivity index (χ1) is 19.3. The Kier molecular flexibility index (Phi) is 9.43. The molecule has 2 aromatic carbocycles. The molecular weight excluding hydrogens is 579 g/mol. The molecule has 212 valence electrons. The third kappa shape index (κ3) is 7.04. The highest BCUT2D eigenvalue weighted by atomic mass is 35.5. The lowest BCUT2D eigenvalue weighted by Gasteiger charge is -2.43. The number of hydrogen-bond acceptors (Lipinski definition) is 5. The molecule has 0 bridgehead atoms. The Balaban J connectivity index is 1.09. The molecule has 1 N–H and O–H groups in total. The van der Waals surface area contributed by atoms with E-state index in [1.54, 1.807) is 12.1 Å². The highest BCUT2D eigenvalue weighted by Gasteiger charge is 2.29. The summed E-state index contributed by atoms with van der Waals surface area (Å²) in [6, 6.07) is 11.3. The lowest BCUT2D eigenvalue weighted by atomic mass is 10.0. The molecule has 0 radical (unpaired) electrons. The first-order valence-corrected chi connectivity index (χ1v) is 14.4. The zero-order valence-corrected chi connectivity index (χ0v) is 24.1. The maximum atomic E-state index is 13.4. The van der Waals surface area contributed by atoms with Crippen LogP contribution in [0.3, 0.4) is 0 Å². The Morgan fingerprint density at radius 3 is 2.33 bits per heavy atom. The van der Waals surface area contributed by atoms with Crippen LogP contribution >= 0.6 is 34.8 Å². The van der Waals surface area contributed by atoms with E-state index in [4.69, 9.17) is 34.8 Å². The normalized spacial score (nSPS) is 17.3. The largest absolute Gasteiger partial charge is 0.353 e. The van der Waals surface area contributed by atoms with E-state index in [1.807, 2.05) is 12.1 Å². The van der Waals surface area contributed by atoms with Gasteiger partial charge in [-0.1, -0.05) is 46.9 Å². The van der Waals surface area contributed by atoms with Crippen molar-refractivity contribution in [3.8, 4) is 0 Å². The highest BCUT2D eigenvalue weighted by molar-refractivity contribution is 6.35. The monoisotopic (exact) mass is 607 g/mol. The van der Waals surface area contributed by atoms with Crippen LogP contribution in [0.25, 0.3) is 0 Å². The van der Waals surface area contributed by atoms with Crippen LogP contribution in [0.15, 0.2) is 48.7 Å². The molecule has 3 heterocycles. The van der Waals surface area contributed by atoms with Gasteiger partial charge in [0.05, 0.1) is 10.6 Å². The molecule has 2 aliphatic rings. The first-order valence-electron chi connectivity index (χ1n) is 13.3. The molecule has 2 fully saturated rings. The molecule has 0 aliphatic carbocycles. The summed E-state index contributed by atoms with van der Waals surface area (Å²) in [7, 11) is 0.